The maximum atomic E-state index is 11.0. The fourth-order valence-corrected chi connectivity index (χ4v) is 2.89. The van der Waals surface area contributed by atoms with Gasteiger partial charge in [-0.25, -0.2) is 0 Å². The molecule has 7 N–H and O–H groups in total. The minimum Gasteiger partial charge on any atom is -0.396 e. The number of carbonyl (C=O) groups is 1. The topological polar surface area (TPSA) is 153 Å². The summed E-state index contributed by atoms with van der Waals surface area (Å²) >= 11 is 0. The molecule has 1 aliphatic rings. The molecule has 1 aliphatic carbocycles. The second-order valence-corrected chi connectivity index (χ2v) is 6.26. The molecule has 8 atom stereocenters. The van der Waals surface area contributed by atoms with Gasteiger partial charge in [0.15, 0.2) is 6.29 Å². The molecule has 0 spiro atoms. The van der Waals surface area contributed by atoms with E-state index in [-0.39, 0.29) is 18.4 Å². The predicted molar refractivity (Wildman–Crippen MR) is 76.2 cm³/mol. The number of aliphatic hydroxyl groups is 5. The highest BCUT2D eigenvalue weighted by atomic mass is 16.6. The molecule has 1 amide bonds. The van der Waals surface area contributed by atoms with Crippen LogP contribution in [0.25, 0.3) is 0 Å². The Balaban J connectivity index is 2.51. The van der Waals surface area contributed by atoms with Crippen LogP contribution in [0.2, 0.25) is 0 Å². The minimum atomic E-state index is -1.48. The van der Waals surface area contributed by atoms with Crippen molar-refractivity contribution in [1.29, 1.82) is 0 Å². The normalized spacial score (nSPS) is 36.0. The van der Waals surface area contributed by atoms with E-state index in [1.165, 1.54) is 0 Å². The quantitative estimate of drug-likeness (QED) is 0.277. The van der Waals surface area contributed by atoms with Gasteiger partial charge in [0.25, 0.3) is 0 Å². The van der Waals surface area contributed by atoms with E-state index in [1.807, 2.05) is 6.92 Å². The van der Waals surface area contributed by atoms with E-state index < -0.39 is 49.0 Å². The first-order valence-electron chi connectivity index (χ1n) is 7.44. The molecular weight excluding hydrogens is 294 g/mol. The lowest BCUT2D eigenvalue weighted by atomic mass is 9.97. The van der Waals surface area contributed by atoms with Crippen molar-refractivity contribution in [3.63, 3.8) is 0 Å². The van der Waals surface area contributed by atoms with Crippen LogP contribution in [0, 0.1) is 23.7 Å². The molecule has 1 fully saturated rings. The van der Waals surface area contributed by atoms with Crippen molar-refractivity contribution >= 4 is 5.91 Å². The highest BCUT2D eigenvalue weighted by Crippen LogP contribution is 2.34. The van der Waals surface area contributed by atoms with E-state index >= 15 is 0 Å². The summed E-state index contributed by atoms with van der Waals surface area (Å²) in [6.07, 6.45) is -4.98. The van der Waals surface area contributed by atoms with Gasteiger partial charge >= 0.3 is 0 Å². The largest absolute Gasteiger partial charge is 0.396 e. The van der Waals surface area contributed by atoms with Gasteiger partial charge in [0.2, 0.25) is 5.91 Å². The van der Waals surface area contributed by atoms with Crippen LogP contribution >= 0.6 is 0 Å². The zero-order valence-electron chi connectivity index (χ0n) is 12.9. The summed E-state index contributed by atoms with van der Waals surface area (Å²) in [4.78, 5) is 11.0. The molecule has 8 heteroatoms. The Morgan fingerprint density at radius 2 is 1.77 bits per heavy atom. The van der Waals surface area contributed by atoms with Crippen molar-refractivity contribution in [2.24, 2.45) is 29.4 Å². The zero-order valence-corrected chi connectivity index (χ0v) is 12.9. The summed E-state index contributed by atoms with van der Waals surface area (Å²) in [5.41, 5.74) is 5.18. The van der Waals surface area contributed by atoms with Gasteiger partial charge in [-0.3, -0.25) is 4.79 Å². The Bertz CT molecular complexity index is 367. The molecule has 130 valence electrons. The van der Waals surface area contributed by atoms with E-state index in [0.29, 0.717) is 6.42 Å². The molecule has 0 heterocycles. The third kappa shape index (κ3) is 4.37. The SMILES string of the molecule is CC(COC(O)C1C(O)C(O)C(CO)C1O)CC(C)C(N)=O. The first-order valence-corrected chi connectivity index (χ1v) is 7.44. The first kappa shape index (κ1) is 19.3. The number of amides is 1. The number of nitrogens with two attached hydrogens (primary N) is 1. The molecule has 0 saturated heterocycles. The number of primary amides is 1. The number of hydrogen-bond donors (Lipinski definition) is 6. The van der Waals surface area contributed by atoms with Gasteiger partial charge in [-0.2, -0.15) is 0 Å². The summed E-state index contributed by atoms with van der Waals surface area (Å²) in [5.74, 6) is -2.83. The molecule has 0 aromatic carbocycles. The standard InChI is InChI=1S/C14H27NO7/c1-6(3-7(2)13(15)20)5-22-14(21)9-10(17)8(4-16)11(18)12(9)19/h6-12,14,16-19,21H,3-5H2,1-2H3,(H2,15,20). The van der Waals surface area contributed by atoms with Crippen LogP contribution in [0.4, 0.5) is 0 Å². The third-order valence-electron chi connectivity index (χ3n) is 4.35. The van der Waals surface area contributed by atoms with Gasteiger partial charge in [0, 0.05) is 11.8 Å². The predicted octanol–water partition coefficient (Wildman–Crippen LogP) is -2.21. The maximum absolute atomic E-state index is 11.0. The summed E-state index contributed by atoms with van der Waals surface area (Å²) < 4.78 is 5.24. The molecule has 8 unspecified atom stereocenters. The van der Waals surface area contributed by atoms with Gasteiger partial charge in [0.1, 0.15) is 0 Å². The summed E-state index contributed by atoms with van der Waals surface area (Å²) in [6.45, 7) is 3.12. The molecule has 0 aromatic heterocycles. The highest BCUT2D eigenvalue weighted by Gasteiger charge is 2.51. The summed E-state index contributed by atoms with van der Waals surface area (Å²) in [7, 11) is 0. The molecular formula is C14H27NO7. The average molecular weight is 321 g/mol. The van der Waals surface area contributed by atoms with E-state index in [0.717, 1.165) is 0 Å². The smallest absolute Gasteiger partial charge is 0.220 e. The molecule has 1 rings (SSSR count). The Morgan fingerprint density at radius 3 is 2.23 bits per heavy atom. The van der Waals surface area contributed by atoms with Crippen LogP contribution < -0.4 is 5.73 Å². The summed E-state index contributed by atoms with van der Waals surface area (Å²) in [6, 6.07) is 0. The van der Waals surface area contributed by atoms with Crippen LogP contribution in [0.15, 0.2) is 0 Å². The zero-order chi connectivity index (χ0) is 17.0. The number of aliphatic hydroxyl groups excluding tert-OH is 5. The molecule has 22 heavy (non-hydrogen) atoms. The van der Waals surface area contributed by atoms with Crippen LogP contribution in [-0.2, 0) is 9.53 Å². The van der Waals surface area contributed by atoms with Crippen molar-refractivity contribution in [3.05, 3.63) is 0 Å². The fraction of sp³-hybridized carbons (Fsp3) is 0.929. The lowest BCUT2D eigenvalue weighted by molar-refractivity contribution is -0.181. The second-order valence-electron chi connectivity index (χ2n) is 6.26. The molecule has 0 aliphatic heterocycles. The van der Waals surface area contributed by atoms with Gasteiger partial charge in [0.05, 0.1) is 37.4 Å². The van der Waals surface area contributed by atoms with Gasteiger partial charge in [-0.05, 0) is 12.3 Å². The third-order valence-corrected chi connectivity index (χ3v) is 4.35. The Morgan fingerprint density at radius 1 is 1.18 bits per heavy atom. The van der Waals surface area contributed by atoms with E-state index in [2.05, 4.69) is 0 Å². The Labute approximate surface area is 129 Å². The lowest BCUT2D eigenvalue weighted by Crippen LogP contribution is -2.39. The van der Waals surface area contributed by atoms with E-state index in [4.69, 9.17) is 15.6 Å². The van der Waals surface area contributed by atoms with Crippen molar-refractivity contribution in [3.8, 4) is 0 Å². The van der Waals surface area contributed by atoms with Crippen LogP contribution in [-0.4, -0.2) is 69.3 Å². The molecule has 0 aromatic rings. The van der Waals surface area contributed by atoms with Crippen molar-refractivity contribution < 1.29 is 35.1 Å². The van der Waals surface area contributed by atoms with Crippen molar-refractivity contribution in [1.82, 2.24) is 0 Å². The van der Waals surface area contributed by atoms with E-state index in [9.17, 15) is 25.2 Å². The Hall–Kier alpha value is -0.770. The minimum absolute atomic E-state index is 0.0635. The lowest BCUT2D eigenvalue weighted by Gasteiger charge is -2.26. The monoisotopic (exact) mass is 321 g/mol. The van der Waals surface area contributed by atoms with Crippen LogP contribution in [0.1, 0.15) is 20.3 Å². The second kappa shape index (κ2) is 8.19. The van der Waals surface area contributed by atoms with Gasteiger partial charge in [-0.15, -0.1) is 0 Å². The number of carbonyl (C=O) groups excluding carboxylic acids is 1. The number of ether oxygens (including phenoxy) is 1. The van der Waals surface area contributed by atoms with Gasteiger partial charge in [-0.1, -0.05) is 13.8 Å². The van der Waals surface area contributed by atoms with Crippen LogP contribution in [0.3, 0.4) is 0 Å². The maximum Gasteiger partial charge on any atom is 0.220 e. The van der Waals surface area contributed by atoms with Crippen LogP contribution in [0.5, 0.6) is 0 Å². The number of rotatable bonds is 8. The number of hydrogen-bond acceptors (Lipinski definition) is 7. The fourth-order valence-electron chi connectivity index (χ4n) is 2.89. The highest BCUT2D eigenvalue weighted by molar-refractivity contribution is 5.76. The Kier molecular flexibility index (Phi) is 7.17. The first-order chi connectivity index (χ1) is 10.2. The molecule has 0 radical (unpaired) electrons. The van der Waals surface area contributed by atoms with E-state index in [1.54, 1.807) is 6.92 Å². The molecule has 1 saturated carbocycles. The van der Waals surface area contributed by atoms with Crippen molar-refractivity contribution in [2.45, 2.75) is 44.9 Å². The van der Waals surface area contributed by atoms with Gasteiger partial charge < -0.3 is 36.0 Å². The molecule has 0 bridgehead atoms. The summed E-state index contributed by atoms with van der Waals surface area (Å²) in [5, 5.41) is 48.6. The average Bonchev–Trinajstić information content (AvgIpc) is 2.66. The molecule has 8 nitrogen and oxygen atoms in total. The van der Waals surface area contributed by atoms with Crippen molar-refractivity contribution in [2.75, 3.05) is 13.2 Å².